The molecule has 3 N–H and O–H groups in total. The zero-order valence-electron chi connectivity index (χ0n) is 13.2. The Morgan fingerprint density at radius 2 is 1.87 bits per heavy atom. The molecule has 0 bridgehead atoms. The third-order valence-electron chi connectivity index (χ3n) is 3.83. The van der Waals surface area contributed by atoms with Crippen LogP contribution >= 0.6 is 0 Å². The van der Waals surface area contributed by atoms with Crippen molar-refractivity contribution in [2.75, 3.05) is 6.54 Å². The normalized spacial score (nSPS) is 11.8. The topological polar surface area (TPSA) is 68.2 Å². The fourth-order valence-electron chi connectivity index (χ4n) is 2.53. The monoisotopic (exact) mass is 307 g/mol. The average molecular weight is 307 g/mol. The second-order valence-corrected chi connectivity index (χ2v) is 5.44. The highest BCUT2D eigenvalue weighted by Gasteiger charge is 2.06. The first-order chi connectivity index (χ1) is 11.2. The van der Waals surface area contributed by atoms with Crippen molar-refractivity contribution in [3.05, 3.63) is 66.0 Å². The molecule has 5 heteroatoms. The molecule has 1 aromatic heterocycles. The summed E-state index contributed by atoms with van der Waals surface area (Å²) in [6, 6.07) is 18.4. The second-order valence-electron chi connectivity index (χ2n) is 5.44. The van der Waals surface area contributed by atoms with Crippen LogP contribution in [-0.4, -0.2) is 22.1 Å². The lowest BCUT2D eigenvalue weighted by molar-refractivity contribution is 0.797. The van der Waals surface area contributed by atoms with Gasteiger partial charge in [0.15, 0.2) is 5.96 Å². The zero-order valence-corrected chi connectivity index (χ0v) is 13.2. The lowest BCUT2D eigenvalue weighted by Crippen LogP contribution is -2.33. The van der Waals surface area contributed by atoms with E-state index in [-0.39, 0.29) is 0 Å². The van der Waals surface area contributed by atoms with Crippen LogP contribution in [0.2, 0.25) is 0 Å². The summed E-state index contributed by atoms with van der Waals surface area (Å²) in [5, 5.41) is 3.15. The second kappa shape index (κ2) is 6.96. The summed E-state index contributed by atoms with van der Waals surface area (Å²) in [4.78, 5) is 8.97. The predicted molar refractivity (Wildman–Crippen MR) is 94.2 cm³/mol. The fraction of sp³-hybridized carbons (Fsp3) is 0.222. The number of aliphatic imine (C=N–C) groups is 1. The number of benzene rings is 2. The van der Waals surface area contributed by atoms with E-state index >= 15 is 0 Å². The van der Waals surface area contributed by atoms with Crippen LogP contribution in [-0.2, 0) is 20.0 Å². The molecule has 0 unspecified atom stereocenters. The van der Waals surface area contributed by atoms with Crippen molar-refractivity contribution in [3.63, 3.8) is 0 Å². The number of aryl methyl sites for hydroxylation is 1. The smallest absolute Gasteiger partial charge is 0.189 e. The van der Waals surface area contributed by atoms with Crippen LogP contribution in [0.1, 0.15) is 11.4 Å². The van der Waals surface area contributed by atoms with Crippen LogP contribution in [0, 0.1) is 0 Å². The Labute approximate surface area is 135 Å². The first-order valence-electron chi connectivity index (χ1n) is 7.72. The highest BCUT2D eigenvalue weighted by molar-refractivity contribution is 5.78. The van der Waals surface area contributed by atoms with Crippen LogP contribution < -0.4 is 11.1 Å². The number of guanidine groups is 1. The summed E-state index contributed by atoms with van der Waals surface area (Å²) in [7, 11) is 2.00. The number of hydrogen-bond donors (Lipinski definition) is 2. The molecule has 0 atom stereocenters. The summed E-state index contributed by atoms with van der Waals surface area (Å²) in [6.45, 7) is 1.23. The molecule has 0 aliphatic rings. The predicted octanol–water partition coefficient (Wildman–Crippen LogP) is 2.22. The summed E-state index contributed by atoms with van der Waals surface area (Å²) >= 11 is 0. The highest BCUT2D eigenvalue weighted by Crippen LogP contribution is 2.14. The van der Waals surface area contributed by atoms with Gasteiger partial charge in [0.2, 0.25) is 0 Å². The average Bonchev–Trinajstić information content (AvgIpc) is 2.90. The molecule has 0 amide bonds. The Balaban J connectivity index is 1.57. The van der Waals surface area contributed by atoms with Gasteiger partial charge in [-0.05, 0) is 24.1 Å². The number of hydrogen-bond acceptors (Lipinski definition) is 2. The van der Waals surface area contributed by atoms with E-state index in [1.165, 1.54) is 5.56 Å². The van der Waals surface area contributed by atoms with Crippen molar-refractivity contribution in [1.82, 2.24) is 14.9 Å². The molecule has 2 aromatic carbocycles. The van der Waals surface area contributed by atoms with Gasteiger partial charge in [0.05, 0.1) is 11.0 Å². The number of para-hydroxylation sites is 2. The number of nitrogens with one attached hydrogen (secondary N) is 1. The Bertz CT molecular complexity index is 805. The van der Waals surface area contributed by atoms with Gasteiger partial charge in [-0.15, -0.1) is 0 Å². The Morgan fingerprint density at radius 3 is 2.65 bits per heavy atom. The minimum Gasteiger partial charge on any atom is -0.370 e. The molecule has 23 heavy (non-hydrogen) atoms. The quantitative estimate of drug-likeness (QED) is 0.561. The maximum absolute atomic E-state index is 5.93. The maximum atomic E-state index is 5.93. The molecule has 0 radical (unpaired) electrons. The van der Waals surface area contributed by atoms with E-state index in [0.29, 0.717) is 12.5 Å². The number of aromatic nitrogens is 2. The number of fused-ring (bicyclic) bond motifs is 1. The van der Waals surface area contributed by atoms with E-state index in [0.717, 1.165) is 29.8 Å². The number of nitrogens with two attached hydrogens (primary N) is 1. The maximum Gasteiger partial charge on any atom is 0.189 e. The van der Waals surface area contributed by atoms with E-state index in [1.54, 1.807) is 0 Å². The minimum atomic E-state index is 0.452. The van der Waals surface area contributed by atoms with E-state index in [2.05, 4.69) is 38.1 Å². The molecule has 5 nitrogen and oxygen atoms in total. The Hall–Kier alpha value is -2.82. The van der Waals surface area contributed by atoms with Gasteiger partial charge in [-0.3, -0.25) is 0 Å². The van der Waals surface area contributed by atoms with E-state index < -0.39 is 0 Å². The first-order valence-corrected chi connectivity index (χ1v) is 7.72. The van der Waals surface area contributed by atoms with Crippen molar-refractivity contribution in [2.45, 2.75) is 13.0 Å². The summed E-state index contributed by atoms with van der Waals surface area (Å²) in [5.41, 5.74) is 9.30. The Morgan fingerprint density at radius 1 is 1.13 bits per heavy atom. The molecule has 0 fully saturated rings. The van der Waals surface area contributed by atoms with Crippen molar-refractivity contribution < 1.29 is 0 Å². The van der Waals surface area contributed by atoms with E-state index in [1.807, 2.05) is 43.4 Å². The van der Waals surface area contributed by atoms with E-state index in [9.17, 15) is 0 Å². The van der Waals surface area contributed by atoms with Crippen LogP contribution in [0.15, 0.2) is 59.6 Å². The molecule has 118 valence electrons. The van der Waals surface area contributed by atoms with Crippen LogP contribution in [0.5, 0.6) is 0 Å². The first kappa shape index (κ1) is 15.1. The number of rotatable bonds is 5. The largest absolute Gasteiger partial charge is 0.370 e. The molecule has 0 aliphatic carbocycles. The van der Waals surface area contributed by atoms with Gasteiger partial charge in [-0.1, -0.05) is 42.5 Å². The van der Waals surface area contributed by atoms with Gasteiger partial charge < -0.3 is 15.6 Å². The molecule has 0 spiro atoms. The van der Waals surface area contributed by atoms with Crippen molar-refractivity contribution >= 4 is 17.0 Å². The molecule has 0 saturated heterocycles. The van der Waals surface area contributed by atoms with E-state index in [4.69, 9.17) is 5.73 Å². The van der Waals surface area contributed by atoms with Gasteiger partial charge in [0.25, 0.3) is 0 Å². The third-order valence-corrected chi connectivity index (χ3v) is 3.83. The molecular formula is C18H21N5. The van der Waals surface area contributed by atoms with Gasteiger partial charge >= 0.3 is 0 Å². The SMILES string of the molecule is Cn1c(CN=C(N)NCCc2ccccc2)nc2ccccc21. The lowest BCUT2D eigenvalue weighted by atomic mass is 10.1. The lowest BCUT2D eigenvalue weighted by Gasteiger charge is -2.06. The third kappa shape index (κ3) is 3.69. The van der Waals surface area contributed by atoms with Crippen LogP contribution in [0.4, 0.5) is 0 Å². The standard InChI is InChI=1S/C18H21N5/c1-23-16-10-6-5-9-15(16)22-17(23)13-21-18(19)20-12-11-14-7-3-2-4-8-14/h2-10H,11-13H2,1H3,(H3,19,20,21). The molecule has 0 saturated carbocycles. The summed E-state index contributed by atoms with van der Waals surface area (Å²) in [6.07, 6.45) is 0.920. The van der Waals surface area contributed by atoms with Crippen molar-refractivity contribution in [2.24, 2.45) is 17.8 Å². The number of nitrogens with zero attached hydrogens (tertiary/aromatic N) is 3. The van der Waals surface area contributed by atoms with Crippen LogP contribution in [0.3, 0.4) is 0 Å². The Kier molecular flexibility index (Phi) is 4.57. The highest BCUT2D eigenvalue weighted by atomic mass is 15.1. The minimum absolute atomic E-state index is 0.452. The molecule has 1 heterocycles. The molecule has 0 aliphatic heterocycles. The van der Waals surface area contributed by atoms with Crippen molar-refractivity contribution in [3.8, 4) is 0 Å². The number of imidazole rings is 1. The fourth-order valence-corrected chi connectivity index (χ4v) is 2.53. The van der Waals surface area contributed by atoms with Gasteiger partial charge in [0, 0.05) is 13.6 Å². The molecular weight excluding hydrogens is 286 g/mol. The van der Waals surface area contributed by atoms with Gasteiger partial charge in [0.1, 0.15) is 12.4 Å². The summed E-state index contributed by atoms with van der Waals surface area (Å²) < 4.78 is 2.05. The van der Waals surface area contributed by atoms with Gasteiger partial charge in [-0.2, -0.15) is 0 Å². The van der Waals surface area contributed by atoms with Gasteiger partial charge in [-0.25, -0.2) is 9.98 Å². The van der Waals surface area contributed by atoms with Crippen molar-refractivity contribution in [1.29, 1.82) is 0 Å². The van der Waals surface area contributed by atoms with Crippen LogP contribution in [0.25, 0.3) is 11.0 Å². The zero-order chi connectivity index (χ0) is 16.1. The molecule has 3 aromatic rings. The summed E-state index contributed by atoms with van der Waals surface area (Å²) in [5.74, 6) is 1.35. The molecule has 3 rings (SSSR count).